The van der Waals surface area contributed by atoms with E-state index in [1.807, 2.05) is 0 Å². The number of nitrogens with zero attached hydrogens (tertiary/aromatic N) is 4. The maximum atomic E-state index is 9.15. The smallest absolute Gasteiger partial charge is 0.278 e. The minimum Gasteiger partial charge on any atom is -0.435 e. The molecule has 0 radical (unpaired) electrons. The standard InChI is InChI=1S/C84H58N4OSi2/c1-5-29-63(30-6-1)90(64-31-7-2-8-32-64,67-37-25-27-59(55-67)85-81-49-23-17-43-73(81)75-57-61(51-53-83(75)85)87-77-45-19-13-39-69(77)70-40-14-20-46-78(70)87)89-91(65-33-9-3-10-34-65,66-35-11-4-12-36-66)68-38-26-28-60(56-68)86-82-50-24-18-44-74(82)76-58-62(52-54-84(76)86)88-79-47-21-15-41-71(79)72-42-16-22-48-80(72)88/h1-58H. The second-order valence-electron chi connectivity index (χ2n) is 23.9. The Hall–Kier alpha value is -11.3. The van der Waals surface area contributed by atoms with Crippen molar-refractivity contribution in [2.45, 2.75) is 0 Å². The zero-order chi connectivity index (χ0) is 60.0. The van der Waals surface area contributed by atoms with Crippen molar-refractivity contribution in [3.05, 3.63) is 352 Å². The van der Waals surface area contributed by atoms with Crippen LogP contribution >= 0.6 is 0 Å². The number of benzene rings is 14. The Labute approximate surface area is 528 Å². The number of hydrogen-bond acceptors (Lipinski definition) is 1. The number of rotatable bonds is 12. The first-order valence-electron chi connectivity index (χ1n) is 31.3. The van der Waals surface area contributed by atoms with Crippen LogP contribution in [-0.4, -0.2) is 34.9 Å². The van der Waals surface area contributed by atoms with Gasteiger partial charge in [-0.15, -0.1) is 0 Å². The molecule has 0 saturated heterocycles. The third-order valence-electron chi connectivity index (χ3n) is 19.0. The molecule has 91 heavy (non-hydrogen) atoms. The maximum Gasteiger partial charge on any atom is 0.278 e. The van der Waals surface area contributed by atoms with Crippen molar-refractivity contribution in [3.63, 3.8) is 0 Å². The summed E-state index contributed by atoms with van der Waals surface area (Å²) < 4.78 is 18.9. The molecule has 0 bridgehead atoms. The van der Waals surface area contributed by atoms with E-state index >= 15 is 0 Å². The molecule has 0 unspecified atom stereocenters. The van der Waals surface area contributed by atoms with Gasteiger partial charge in [-0.2, -0.15) is 0 Å². The molecule has 0 fully saturated rings. The summed E-state index contributed by atoms with van der Waals surface area (Å²) in [5.74, 6) is 0. The van der Waals surface area contributed by atoms with E-state index in [0.29, 0.717) is 0 Å². The van der Waals surface area contributed by atoms with E-state index in [4.69, 9.17) is 4.12 Å². The molecule has 0 amide bonds. The highest BCUT2D eigenvalue weighted by Crippen LogP contribution is 2.40. The highest BCUT2D eigenvalue weighted by molar-refractivity contribution is 7.18. The quantitative estimate of drug-likeness (QED) is 0.0885. The molecular formula is C84H58N4OSi2. The zero-order valence-corrected chi connectivity index (χ0v) is 51.7. The number of para-hydroxylation sites is 6. The van der Waals surface area contributed by atoms with Crippen LogP contribution in [-0.2, 0) is 4.12 Å². The number of hydrogen-bond donors (Lipinski definition) is 0. The molecule has 7 heteroatoms. The van der Waals surface area contributed by atoms with Crippen molar-refractivity contribution >= 4 is 135 Å². The Morgan fingerprint density at radius 3 is 0.670 bits per heavy atom. The molecule has 0 aliphatic heterocycles. The molecule has 4 heterocycles. The lowest BCUT2D eigenvalue weighted by molar-refractivity contribution is 0.600. The summed E-state index contributed by atoms with van der Waals surface area (Å²) in [7, 11) is -7.38. The van der Waals surface area contributed by atoms with Gasteiger partial charge in [0, 0.05) is 65.8 Å². The van der Waals surface area contributed by atoms with Gasteiger partial charge in [-0.3, -0.25) is 0 Å². The molecule has 18 rings (SSSR count). The molecule has 0 aliphatic rings. The summed E-state index contributed by atoms with van der Waals surface area (Å²) in [5.41, 5.74) is 13.7. The second-order valence-corrected chi connectivity index (χ2v) is 30.9. The van der Waals surface area contributed by atoms with Gasteiger partial charge in [0.05, 0.1) is 44.1 Å². The van der Waals surface area contributed by atoms with Crippen molar-refractivity contribution < 1.29 is 4.12 Å². The number of aromatic nitrogens is 4. The molecule has 0 atom stereocenters. The largest absolute Gasteiger partial charge is 0.435 e. The average Bonchev–Trinajstić information content (AvgIpc) is 1.74. The summed E-state index contributed by atoms with van der Waals surface area (Å²) in [6.45, 7) is 0. The first-order valence-corrected chi connectivity index (χ1v) is 35.1. The molecule has 4 aromatic heterocycles. The van der Waals surface area contributed by atoms with E-state index in [0.717, 1.165) is 75.9 Å². The summed E-state index contributed by atoms with van der Waals surface area (Å²) in [5, 5.41) is 16.7. The first-order chi connectivity index (χ1) is 45.1. The summed E-state index contributed by atoms with van der Waals surface area (Å²) in [6, 6.07) is 130. The van der Waals surface area contributed by atoms with Crippen molar-refractivity contribution in [3.8, 4) is 22.7 Å². The van der Waals surface area contributed by atoms with Crippen LogP contribution in [0.1, 0.15) is 0 Å². The molecule has 0 aliphatic carbocycles. The second kappa shape index (κ2) is 21.2. The first kappa shape index (κ1) is 52.8. The van der Waals surface area contributed by atoms with Crippen molar-refractivity contribution in [1.29, 1.82) is 0 Å². The summed E-state index contributed by atoms with van der Waals surface area (Å²) in [6.07, 6.45) is 0. The molecule has 18 aromatic rings. The van der Waals surface area contributed by atoms with Crippen LogP contribution in [0.2, 0.25) is 0 Å². The fourth-order valence-electron chi connectivity index (χ4n) is 15.2. The van der Waals surface area contributed by atoms with E-state index in [-0.39, 0.29) is 0 Å². The van der Waals surface area contributed by atoms with Gasteiger partial charge in [0.25, 0.3) is 16.6 Å². The van der Waals surface area contributed by atoms with Crippen LogP contribution in [0.15, 0.2) is 352 Å². The lowest BCUT2D eigenvalue weighted by Gasteiger charge is -2.44. The van der Waals surface area contributed by atoms with Gasteiger partial charge in [-0.25, -0.2) is 0 Å². The number of fused-ring (bicyclic) bond motifs is 12. The maximum absolute atomic E-state index is 9.15. The van der Waals surface area contributed by atoms with Crippen LogP contribution in [0.5, 0.6) is 0 Å². The van der Waals surface area contributed by atoms with Gasteiger partial charge in [0.1, 0.15) is 0 Å². The Kier molecular flexibility index (Phi) is 12.3. The molecule has 0 N–H and O–H groups in total. The Morgan fingerprint density at radius 2 is 0.385 bits per heavy atom. The monoisotopic (exact) mass is 1190 g/mol. The molecule has 5 nitrogen and oxygen atoms in total. The van der Waals surface area contributed by atoms with Gasteiger partial charge in [-0.05, 0) is 128 Å². The predicted molar refractivity (Wildman–Crippen MR) is 386 cm³/mol. The summed E-state index contributed by atoms with van der Waals surface area (Å²) >= 11 is 0. The minimum atomic E-state index is -3.69. The van der Waals surface area contributed by atoms with E-state index in [2.05, 4.69) is 370 Å². The highest BCUT2D eigenvalue weighted by Gasteiger charge is 2.53. The predicted octanol–water partition coefficient (Wildman–Crippen LogP) is 16.7. The van der Waals surface area contributed by atoms with Gasteiger partial charge in [0.15, 0.2) is 0 Å². The normalized spacial score (nSPS) is 12.2. The van der Waals surface area contributed by atoms with E-state index in [1.54, 1.807) is 0 Å². The fraction of sp³-hybridized carbons (Fsp3) is 0. The highest BCUT2D eigenvalue weighted by atomic mass is 28.4. The van der Waals surface area contributed by atoms with Crippen LogP contribution in [0, 0.1) is 0 Å². The fourth-order valence-corrected chi connectivity index (χ4v) is 25.8. The lowest BCUT2D eigenvalue weighted by Crippen LogP contribution is -2.81. The van der Waals surface area contributed by atoms with Crippen LogP contribution < -0.4 is 31.1 Å². The Bertz CT molecular complexity index is 5280. The van der Waals surface area contributed by atoms with Gasteiger partial charge >= 0.3 is 0 Å². The van der Waals surface area contributed by atoms with Gasteiger partial charge in [-0.1, -0.05) is 255 Å². The van der Waals surface area contributed by atoms with Crippen LogP contribution in [0.4, 0.5) is 0 Å². The van der Waals surface area contributed by atoms with Crippen LogP contribution in [0.3, 0.4) is 0 Å². The van der Waals surface area contributed by atoms with Gasteiger partial charge in [0.2, 0.25) is 0 Å². The lowest BCUT2D eigenvalue weighted by atomic mass is 10.1. The molecule has 14 aromatic carbocycles. The van der Waals surface area contributed by atoms with Crippen LogP contribution in [0.25, 0.3) is 110 Å². The van der Waals surface area contributed by atoms with Crippen molar-refractivity contribution in [2.75, 3.05) is 0 Å². The molecule has 428 valence electrons. The molecular weight excluding hydrogens is 1140 g/mol. The van der Waals surface area contributed by atoms with Crippen molar-refractivity contribution in [1.82, 2.24) is 18.3 Å². The van der Waals surface area contributed by atoms with E-state index in [1.165, 1.54) is 65.2 Å². The Morgan fingerprint density at radius 1 is 0.165 bits per heavy atom. The average molecular weight is 1200 g/mol. The zero-order valence-electron chi connectivity index (χ0n) is 49.7. The van der Waals surface area contributed by atoms with E-state index in [9.17, 15) is 0 Å². The topological polar surface area (TPSA) is 28.9 Å². The molecule has 0 spiro atoms. The van der Waals surface area contributed by atoms with E-state index < -0.39 is 16.6 Å². The molecule has 0 saturated carbocycles. The van der Waals surface area contributed by atoms with Crippen molar-refractivity contribution in [2.24, 2.45) is 0 Å². The third kappa shape index (κ3) is 8.12. The summed E-state index contributed by atoms with van der Waals surface area (Å²) in [4.78, 5) is 0. The Balaban J connectivity index is 0.859. The third-order valence-corrected chi connectivity index (χ3v) is 28.3. The SMILES string of the molecule is c1ccc([Si](O[Si](c2ccccc2)(c2ccccc2)c2cccc(-n3c4ccccc4c4cc(-n5c6ccccc6c6ccccc65)ccc43)c2)(c2ccccc2)c2cccc(-n3c4ccccc4c4cc(-n5c6ccccc6c6ccccc65)ccc43)c2)cc1. The minimum absolute atomic E-state index is 1.07. The van der Waals surface area contributed by atoms with Gasteiger partial charge < -0.3 is 22.4 Å².